The fourth-order valence-corrected chi connectivity index (χ4v) is 1.89. The number of nitrogens with one attached hydrogen (secondary N) is 1. The minimum absolute atomic E-state index is 0.144. The highest BCUT2D eigenvalue weighted by atomic mass is 16.3. The summed E-state index contributed by atoms with van der Waals surface area (Å²) in [5, 5.41) is 6.78. The zero-order valence-electron chi connectivity index (χ0n) is 11.1. The van der Waals surface area contributed by atoms with E-state index in [1.165, 1.54) is 0 Å². The molecule has 1 N–H and O–H groups in total. The topological polar surface area (TPSA) is 85.8 Å². The lowest BCUT2D eigenvalue weighted by Gasteiger charge is -2.07. The zero-order valence-corrected chi connectivity index (χ0v) is 11.1. The lowest BCUT2D eigenvalue weighted by molar-refractivity contribution is -0.122. The molecule has 0 atom stereocenters. The highest BCUT2D eigenvalue weighted by Crippen LogP contribution is 2.19. The Hall–Kier alpha value is -2.96. The van der Waals surface area contributed by atoms with Gasteiger partial charge in [0.25, 0.3) is 0 Å². The van der Waals surface area contributed by atoms with Gasteiger partial charge in [0.2, 0.25) is 5.91 Å². The number of hydrogen-bond donors (Lipinski definition) is 1. The van der Waals surface area contributed by atoms with Crippen molar-refractivity contribution in [3.8, 4) is 11.5 Å². The Morgan fingerprint density at radius 1 is 1.24 bits per heavy atom. The standard InChI is InChI=1S/C14H13N5O2/c20-13(10-19-7-2-4-18-19)17-9-11-14(16-6-5-15-11)12-3-1-8-21-12/h1-8H,9-10H2,(H,17,20). The van der Waals surface area contributed by atoms with Crippen molar-refractivity contribution in [2.24, 2.45) is 0 Å². The van der Waals surface area contributed by atoms with Crippen molar-refractivity contribution in [2.75, 3.05) is 0 Å². The molecule has 0 aliphatic carbocycles. The highest BCUT2D eigenvalue weighted by molar-refractivity contribution is 5.75. The van der Waals surface area contributed by atoms with Gasteiger partial charge in [0, 0.05) is 24.8 Å². The SMILES string of the molecule is O=C(Cn1cccn1)NCc1nccnc1-c1ccco1. The maximum Gasteiger partial charge on any atom is 0.242 e. The molecule has 0 aromatic carbocycles. The number of hydrogen-bond acceptors (Lipinski definition) is 5. The average Bonchev–Trinajstić information content (AvgIpc) is 3.18. The Labute approximate surface area is 120 Å². The van der Waals surface area contributed by atoms with Crippen LogP contribution in [0.5, 0.6) is 0 Å². The van der Waals surface area contributed by atoms with Gasteiger partial charge in [-0.2, -0.15) is 5.10 Å². The second-order valence-electron chi connectivity index (χ2n) is 4.31. The van der Waals surface area contributed by atoms with Gasteiger partial charge in [0.15, 0.2) is 5.76 Å². The Morgan fingerprint density at radius 2 is 2.14 bits per heavy atom. The fraction of sp³-hybridized carbons (Fsp3) is 0.143. The van der Waals surface area contributed by atoms with E-state index in [4.69, 9.17) is 4.42 Å². The quantitative estimate of drug-likeness (QED) is 0.761. The largest absolute Gasteiger partial charge is 0.463 e. The molecule has 7 nitrogen and oxygen atoms in total. The van der Waals surface area contributed by atoms with Crippen LogP contribution in [-0.2, 0) is 17.9 Å². The number of carbonyl (C=O) groups excluding carboxylic acids is 1. The third-order valence-corrected chi connectivity index (χ3v) is 2.85. The summed E-state index contributed by atoms with van der Waals surface area (Å²) in [5.74, 6) is 0.481. The molecule has 1 amide bonds. The lowest BCUT2D eigenvalue weighted by Crippen LogP contribution is -2.28. The maximum atomic E-state index is 11.8. The summed E-state index contributed by atoms with van der Waals surface area (Å²) < 4.78 is 6.88. The van der Waals surface area contributed by atoms with Crippen LogP contribution in [0, 0.1) is 0 Å². The summed E-state index contributed by atoms with van der Waals surface area (Å²) in [7, 11) is 0. The molecule has 3 heterocycles. The van der Waals surface area contributed by atoms with E-state index in [-0.39, 0.29) is 19.0 Å². The van der Waals surface area contributed by atoms with Crippen molar-refractivity contribution in [2.45, 2.75) is 13.1 Å². The normalized spacial score (nSPS) is 10.5. The Bertz CT molecular complexity index is 707. The van der Waals surface area contributed by atoms with Gasteiger partial charge in [0.05, 0.1) is 18.5 Å². The Kier molecular flexibility index (Phi) is 3.72. The molecule has 0 aliphatic rings. The molecule has 0 radical (unpaired) electrons. The smallest absolute Gasteiger partial charge is 0.242 e. The number of amides is 1. The van der Waals surface area contributed by atoms with Gasteiger partial charge in [-0.3, -0.25) is 14.5 Å². The molecular weight excluding hydrogens is 270 g/mol. The molecule has 0 fully saturated rings. The first-order chi connectivity index (χ1) is 10.3. The fourth-order valence-electron chi connectivity index (χ4n) is 1.89. The van der Waals surface area contributed by atoms with Crippen LogP contribution in [0.25, 0.3) is 11.5 Å². The monoisotopic (exact) mass is 283 g/mol. The van der Waals surface area contributed by atoms with Crippen molar-refractivity contribution >= 4 is 5.91 Å². The summed E-state index contributed by atoms with van der Waals surface area (Å²) in [6.45, 7) is 0.452. The molecule has 21 heavy (non-hydrogen) atoms. The van der Waals surface area contributed by atoms with Crippen LogP contribution in [0.4, 0.5) is 0 Å². The van der Waals surface area contributed by atoms with E-state index in [0.717, 1.165) is 0 Å². The van der Waals surface area contributed by atoms with Crippen LogP contribution >= 0.6 is 0 Å². The number of furan rings is 1. The van der Waals surface area contributed by atoms with Crippen molar-refractivity contribution in [3.63, 3.8) is 0 Å². The third kappa shape index (κ3) is 3.14. The highest BCUT2D eigenvalue weighted by Gasteiger charge is 2.11. The van der Waals surface area contributed by atoms with Crippen molar-refractivity contribution in [3.05, 3.63) is 54.9 Å². The van der Waals surface area contributed by atoms with Crippen molar-refractivity contribution in [1.82, 2.24) is 25.1 Å². The van der Waals surface area contributed by atoms with Crippen molar-refractivity contribution < 1.29 is 9.21 Å². The summed E-state index contributed by atoms with van der Waals surface area (Å²) in [4.78, 5) is 20.3. The van der Waals surface area contributed by atoms with Gasteiger partial charge in [-0.25, -0.2) is 4.98 Å². The lowest BCUT2D eigenvalue weighted by atomic mass is 10.2. The molecule has 3 aromatic rings. The first-order valence-electron chi connectivity index (χ1n) is 6.41. The number of aromatic nitrogens is 4. The number of rotatable bonds is 5. The first-order valence-corrected chi connectivity index (χ1v) is 6.41. The summed E-state index contributed by atoms with van der Waals surface area (Å²) in [6.07, 6.45) is 8.11. The van der Waals surface area contributed by atoms with Crippen LogP contribution in [0.1, 0.15) is 5.69 Å². The Morgan fingerprint density at radius 3 is 2.90 bits per heavy atom. The number of carbonyl (C=O) groups is 1. The second kappa shape index (κ2) is 6.00. The van der Waals surface area contributed by atoms with Crippen LogP contribution in [0.2, 0.25) is 0 Å². The van der Waals surface area contributed by atoms with Gasteiger partial charge in [-0.05, 0) is 18.2 Å². The number of nitrogens with zero attached hydrogens (tertiary/aromatic N) is 4. The molecule has 3 aromatic heterocycles. The minimum Gasteiger partial charge on any atom is -0.463 e. The minimum atomic E-state index is -0.144. The zero-order chi connectivity index (χ0) is 14.5. The Balaban J connectivity index is 1.67. The predicted octanol–water partition coefficient (Wildman–Crippen LogP) is 1.25. The molecular formula is C14H13N5O2. The molecule has 0 spiro atoms. The van der Waals surface area contributed by atoms with E-state index < -0.39 is 0 Å². The molecule has 7 heteroatoms. The van der Waals surface area contributed by atoms with Gasteiger partial charge in [-0.1, -0.05) is 0 Å². The van der Waals surface area contributed by atoms with Crippen molar-refractivity contribution in [1.29, 1.82) is 0 Å². The van der Waals surface area contributed by atoms with Gasteiger partial charge in [0.1, 0.15) is 12.2 Å². The maximum absolute atomic E-state index is 11.8. The molecule has 3 rings (SSSR count). The summed E-state index contributed by atoms with van der Waals surface area (Å²) >= 11 is 0. The molecule has 0 saturated heterocycles. The van der Waals surface area contributed by atoms with Crippen LogP contribution < -0.4 is 5.32 Å². The molecule has 0 aliphatic heterocycles. The van der Waals surface area contributed by atoms with Gasteiger partial charge >= 0.3 is 0 Å². The second-order valence-corrected chi connectivity index (χ2v) is 4.31. The molecule has 0 bridgehead atoms. The van der Waals surface area contributed by atoms with Gasteiger partial charge < -0.3 is 9.73 Å². The van der Waals surface area contributed by atoms with E-state index >= 15 is 0 Å². The van der Waals surface area contributed by atoms with Gasteiger partial charge in [-0.15, -0.1) is 0 Å². The average molecular weight is 283 g/mol. The predicted molar refractivity (Wildman–Crippen MR) is 73.8 cm³/mol. The third-order valence-electron chi connectivity index (χ3n) is 2.85. The van der Waals surface area contributed by atoms with Crippen LogP contribution in [-0.4, -0.2) is 25.7 Å². The van der Waals surface area contributed by atoms with E-state index in [1.54, 1.807) is 53.9 Å². The summed E-state index contributed by atoms with van der Waals surface area (Å²) in [6, 6.07) is 5.36. The van der Waals surface area contributed by atoms with E-state index in [2.05, 4.69) is 20.4 Å². The van der Waals surface area contributed by atoms with E-state index in [0.29, 0.717) is 17.1 Å². The molecule has 106 valence electrons. The first kappa shape index (κ1) is 13.0. The van der Waals surface area contributed by atoms with E-state index in [9.17, 15) is 4.79 Å². The summed E-state index contributed by atoms with van der Waals surface area (Å²) in [5.41, 5.74) is 1.28. The van der Waals surface area contributed by atoms with E-state index in [1.807, 2.05) is 0 Å². The molecule has 0 unspecified atom stereocenters. The van der Waals surface area contributed by atoms with Crippen LogP contribution in [0.3, 0.4) is 0 Å². The van der Waals surface area contributed by atoms with Crippen LogP contribution in [0.15, 0.2) is 53.7 Å². The molecule has 0 saturated carbocycles.